The van der Waals surface area contributed by atoms with Crippen molar-refractivity contribution in [3.05, 3.63) is 83.9 Å². The first kappa shape index (κ1) is 19.4. The fourth-order valence-corrected chi connectivity index (χ4v) is 4.10. The highest BCUT2D eigenvalue weighted by atomic mass is 16.2. The van der Waals surface area contributed by atoms with Crippen molar-refractivity contribution < 1.29 is 4.79 Å². The Kier molecular flexibility index (Phi) is 4.95. The van der Waals surface area contributed by atoms with Gasteiger partial charge in [-0.3, -0.25) is 14.7 Å². The number of pyridine rings is 2. The molecule has 5 rings (SSSR count). The Bertz CT molecular complexity index is 1220. The van der Waals surface area contributed by atoms with Gasteiger partial charge in [0, 0.05) is 49.4 Å². The van der Waals surface area contributed by atoms with Crippen molar-refractivity contribution >= 4 is 11.4 Å². The number of hydrogen-bond donors (Lipinski definition) is 0. The van der Waals surface area contributed by atoms with E-state index < -0.39 is 0 Å². The van der Waals surface area contributed by atoms with Crippen LogP contribution >= 0.6 is 0 Å². The highest BCUT2D eigenvalue weighted by Gasteiger charge is 2.31. The van der Waals surface area contributed by atoms with Crippen LogP contribution in [0.5, 0.6) is 0 Å². The number of rotatable bonds is 3. The summed E-state index contributed by atoms with van der Waals surface area (Å²) in [6.45, 7) is 4.12. The number of benzene rings is 1. The van der Waals surface area contributed by atoms with Crippen molar-refractivity contribution in [1.82, 2.24) is 29.6 Å². The van der Waals surface area contributed by atoms with Gasteiger partial charge in [-0.1, -0.05) is 41.1 Å². The quantitative estimate of drug-likeness (QED) is 0.517. The first-order valence-corrected chi connectivity index (χ1v) is 10.4. The average molecular weight is 412 g/mol. The van der Waals surface area contributed by atoms with E-state index in [1.165, 1.54) is 5.56 Å². The largest absolute Gasteiger partial charge is 0.335 e. The Morgan fingerprint density at radius 2 is 1.71 bits per heavy atom. The monoisotopic (exact) mass is 412 g/mol. The zero-order chi connectivity index (χ0) is 21.4. The number of nitrogens with zero attached hydrogens (tertiary/aromatic N) is 6. The van der Waals surface area contributed by atoms with Crippen molar-refractivity contribution in [2.45, 2.75) is 13.0 Å². The molecule has 7 heteroatoms. The molecule has 0 aliphatic carbocycles. The van der Waals surface area contributed by atoms with Gasteiger partial charge < -0.3 is 4.90 Å². The third kappa shape index (κ3) is 3.68. The molecule has 1 aliphatic rings. The number of aromatic nitrogens is 4. The van der Waals surface area contributed by atoms with Crippen LogP contribution in [0.3, 0.4) is 0 Å². The minimum absolute atomic E-state index is 0.0118. The molecule has 31 heavy (non-hydrogen) atoms. The van der Waals surface area contributed by atoms with Gasteiger partial charge in [0.1, 0.15) is 5.69 Å². The van der Waals surface area contributed by atoms with E-state index in [-0.39, 0.29) is 11.9 Å². The molecular formula is C24H24N6O. The lowest BCUT2D eigenvalue weighted by molar-refractivity contribution is 0.0542. The Balaban J connectivity index is 1.43. The summed E-state index contributed by atoms with van der Waals surface area (Å²) < 4.78 is 1.84. The minimum atomic E-state index is -0.0118. The van der Waals surface area contributed by atoms with Crippen LogP contribution in [0.1, 0.15) is 27.7 Å². The first-order chi connectivity index (χ1) is 15.1. The summed E-state index contributed by atoms with van der Waals surface area (Å²) in [6, 6.07) is 16.1. The Hall–Kier alpha value is -3.58. The van der Waals surface area contributed by atoms with Crippen molar-refractivity contribution in [1.29, 1.82) is 0 Å². The van der Waals surface area contributed by atoms with Gasteiger partial charge in [-0.2, -0.15) is 0 Å². The maximum Gasteiger partial charge on any atom is 0.254 e. The third-order valence-electron chi connectivity index (χ3n) is 6.00. The van der Waals surface area contributed by atoms with Gasteiger partial charge in [0.15, 0.2) is 0 Å². The number of piperazine rings is 1. The Labute approximate surface area is 180 Å². The molecule has 1 aliphatic heterocycles. The molecule has 4 aromatic rings. The number of carbonyl (C=O) groups is 1. The van der Waals surface area contributed by atoms with E-state index >= 15 is 0 Å². The number of fused-ring (bicyclic) bond motifs is 1. The summed E-state index contributed by atoms with van der Waals surface area (Å²) in [7, 11) is 2.07. The van der Waals surface area contributed by atoms with Gasteiger partial charge in [0.05, 0.1) is 11.6 Å². The third-order valence-corrected chi connectivity index (χ3v) is 6.00. The normalized spacial score (nSPS) is 17.2. The summed E-state index contributed by atoms with van der Waals surface area (Å²) in [5.74, 6) is 0.0265. The number of amides is 1. The Morgan fingerprint density at radius 1 is 0.968 bits per heavy atom. The molecule has 4 heterocycles. The van der Waals surface area contributed by atoms with E-state index in [1.54, 1.807) is 24.5 Å². The van der Waals surface area contributed by atoms with Crippen molar-refractivity contribution in [2.75, 3.05) is 26.7 Å². The standard InChI is InChI=1S/C24H24N6O/c1-17-3-5-18(6-4-17)20-7-8-21-23(26-27-30(21)15-20)22-16-29(14-13-28(22)2)24(31)19-9-11-25-12-10-19/h3-12,15,22H,13-14,16H2,1-2H3/t22-/m1/s1. The maximum atomic E-state index is 12.9. The molecule has 1 atom stereocenters. The summed E-state index contributed by atoms with van der Waals surface area (Å²) in [6.07, 6.45) is 5.32. The van der Waals surface area contributed by atoms with Crippen LogP contribution < -0.4 is 0 Å². The molecule has 0 saturated carbocycles. The summed E-state index contributed by atoms with van der Waals surface area (Å²) in [5.41, 5.74) is 5.99. The van der Waals surface area contributed by atoms with Gasteiger partial charge >= 0.3 is 0 Å². The van der Waals surface area contributed by atoms with Crippen LogP contribution in [-0.4, -0.2) is 62.2 Å². The minimum Gasteiger partial charge on any atom is -0.335 e. The second-order valence-electron chi connectivity index (χ2n) is 8.07. The van der Waals surface area contributed by atoms with Crippen LogP contribution in [0.2, 0.25) is 0 Å². The van der Waals surface area contributed by atoms with Gasteiger partial charge in [-0.05, 0) is 37.7 Å². The number of aryl methyl sites for hydroxylation is 1. The molecule has 1 fully saturated rings. The predicted molar refractivity (Wildman–Crippen MR) is 119 cm³/mol. The van der Waals surface area contributed by atoms with Crippen LogP contribution in [0.25, 0.3) is 16.6 Å². The molecule has 156 valence electrons. The van der Waals surface area contributed by atoms with Crippen molar-refractivity contribution in [3.63, 3.8) is 0 Å². The van der Waals surface area contributed by atoms with Crippen molar-refractivity contribution in [3.8, 4) is 11.1 Å². The predicted octanol–water partition coefficient (Wildman–Crippen LogP) is 3.23. The van der Waals surface area contributed by atoms with E-state index in [2.05, 4.69) is 70.6 Å². The number of hydrogen-bond acceptors (Lipinski definition) is 5. The smallest absolute Gasteiger partial charge is 0.254 e. The molecule has 0 radical (unpaired) electrons. The molecule has 0 N–H and O–H groups in total. The lowest BCUT2D eigenvalue weighted by atomic mass is 10.0. The van der Waals surface area contributed by atoms with E-state index in [0.29, 0.717) is 18.7 Å². The van der Waals surface area contributed by atoms with E-state index in [9.17, 15) is 4.79 Å². The van der Waals surface area contributed by atoms with Crippen LogP contribution in [-0.2, 0) is 0 Å². The lowest BCUT2D eigenvalue weighted by Gasteiger charge is -2.38. The topological polar surface area (TPSA) is 66.6 Å². The van der Waals surface area contributed by atoms with E-state index in [0.717, 1.165) is 28.9 Å². The molecule has 1 amide bonds. The highest BCUT2D eigenvalue weighted by Crippen LogP contribution is 2.28. The first-order valence-electron chi connectivity index (χ1n) is 10.4. The average Bonchev–Trinajstić information content (AvgIpc) is 3.23. The van der Waals surface area contributed by atoms with Gasteiger partial charge in [0.25, 0.3) is 5.91 Å². The zero-order valence-electron chi connectivity index (χ0n) is 17.6. The SMILES string of the molecule is Cc1ccc(-c2ccc3c([C@H]4CN(C(=O)c5ccncc5)CCN4C)nnn3c2)cc1. The van der Waals surface area contributed by atoms with Gasteiger partial charge in [-0.15, -0.1) is 5.10 Å². The van der Waals surface area contributed by atoms with E-state index in [1.807, 2.05) is 15.6 Å². The summed E-state index contributed by atoms with van der Waals surface area (Å²) >= 11 is 0. The number of carbonyl (C=O) groups excluding carboxylic acids is 1. The van der Waals surface area contributed by atoms with Gasteiger partial charge in [0.2, 0.25) is 0 Å². The summed E-state index contributed by atoms with van der Waals surface area (Å²) in [5, 5.41) is 8.90. The fraction of sp³-hybridized carbons (Fsp3) is 0.250. The highest BCUT2D eigenvalue weighted by molar-refractivity contribution is 5.94. The van der Waals surface area contributed by atoms with Crippen LogP contribution in [0.4, 0.5) is 0 Å². The van der Waals surface area contributed by atoms with Crippen LogP contribution in [0, 0.1) is 6.92 Å². The molecule has 1 aromatic carbocycles. The maximum absolute atomic E-state index is 12.9. The van der Waals surface area contributed by atoms with Gasteiger partial charge in [-0.25, -0.2) is 4.52 Å². The molecular weight excluding hydrogens is 388 g/mol. The second-order valence-corrected chi connectivity index (χ2v) is 8.07. The molecule has 7 nitrogen and oxygen atoms in total. The molecule has 3 aromatic heterocycles. The van der Waals surface area contributed by atoms with Crippen molar-refractivity contribution in [2.24, 2.45) is 0 Å². The lowest BCUT2D eigenvalue weighted by Crippen LogP contribution is -2.49. The molecule has 1 saturated heterocycles. The molecule has 0 unspecified atom stereocenters. The second kappa shape index (κ2) is 7.92. The zero-order valence-corrected chi connectivity index (χ0v) is 17.6. The summed E-state index contributed by atoms with van der Waals surface area (Å²) in [4.78, 5) is 21.1. The Morgan fingerprint density at radius 3 is 2.48 bits per heavy atom. The van der Waals surface area contributed by atoms with E-state index in [4.69, 9.17) is 0 Å². The fourth-order valence-electron chi connectivity index (χ4n) is 4.10. The molecule has 0 spiro atoms. The molecule has 0 bridgehead atoms. The van der Waals surface area contributed by atoms with Crippen LogP contribution in [0.15, 0.2) is 67.1 Å². The number of likely N-dealkylation sites (N-methyl/N-ethyl adjacent to an activating group) is 1.